The zero-order chi connectivity index (χ0) is 73.8. The first-order valence-electron chi connectivity index (χ1n) is 41.7. The molecule has 594 valence electrons. The molecule has 19 heteroatoms. The van der Waals surface area contributed by atoms with Crippen molar-refractivity contribution in [2.75, 3.05) is 39.6 Å². The Morgan fingerprint density at radius 3 is 0.710 bits per heavy atom. The minimum atomic E-state index is -4.96. The number of esters is 4. The molecule has 0 amide bonds. The molecule has 0 aromatic carbocycles. The van der Waals surface area contributed by atoms with Crippen molar-refractivity contribution < 1.29 is 80.2 Å². The number of hydrogen-bond donors (Lipinski definition) is 3. The number of hydrogen-bond acceptors (Lipinski definition) is 15. The van der Waals surface area contributed by atoms with E-state index in [9.17, 15) is 43.2 Å². The van der Waals surface area contributed by atoms with E-state index in [2.05, 4.69) is 55.4 Å². The smallest absolute Gasteiger partial charge is 0.462 e. The summed E-state index contributed by atoms with van der Waals surface area (Å²) < 4.78 is 68.6. The fraction of sp³-hybridized carbons (Fsp3) is 0.951. The van der Waals surface area contributed by atoms with Gasteiger partial charge in [-0.05, 0) is 49.4 Å². The van der Waals surface area contributed by atoms with Crippen LogP contribution in [-0.4, -0.2) is 96.7 Å². The van der Waals surface area contributed by atoms with Crippen LogP contribution >= 0.6 is 15.6 Å². The Labute approximate surface area is 613 Å². The molecule has 0 radical (unpaired) electrons. The number of unbranched alkanes of at least 4 members (excludes halogenated alkanes) is 43. The highest BCUT2D eigenvalue weighted by Gasteiger charge is 2.30. The molecular weight excluding hydrogens is 1310 g/mol. The maximum absolute atomic E-state index is 13.1. The standard InChI is InChI=1S/C81H158O17P2/c1-9-74(8)60-52-44-35-28-24-20-16-12-10-11-13-17-21-25-29-37-47-55-64-81(86)98-77(68-92-79(84)62-54-46-40-39-43-51-59-73(6)7)70-96-100(89,90)94-66-75(82)65-93-99(87,88)95-69-76(67-91-78(83)61-53-45-36-32-31-34-42-50-58-72(4)5)97-80(85)63-56-48-38-30-26-22-18-14-15-19-23-27-33-41-49-57-71(2)3/h71-77,82H,9-70H2,1-8H3,(H,87,88)(H,89,90)/t74?,75-,76-,77-/m1/s1. The van der Waals surface area contributed by atoms with Crippen molar-refractivity contribution in [2.24, 2.45) is 23.7 Å². The maximum atomic E-state index is 13.1. The van der Waals surface area contributed by atoms with Crippen LogP contribution in [0.5, 0.6) is 0 Å². The van der Waals surface area contributed by atoms with Gasteiger partial charge >= 0.3 is 39.5 Å². The van der Waals surface area contributed by atoms with Gasteiger partial charge in [0, 0.05) is 25.7 Å². The van der Waals surface area contributed by atoms with Gasteiger partial charge in [-0.1, -0.05) is 364 Å². The van der Waals surface area contributed by atoms with Crippen molar-refractivity contribution in [3.63, 3.8) is 0 Å². The van der Waals surface area contributed by atoms with Crippen LogP contribution in [-0.2, 0) is 65.4 Å². The van der Waals surface area contributed by atoms with E-state index in [1.165, 1.54) is 212 Å². The van der Waals surface area contributed by atoms with Crippen molar-refractivity contribution in [2.45, 2.75) is 433 Å². The number of ether oxygens (including phenoxy) is 4. The second kappa shape index (κ2) is 70.1. The Bertz CT molecular complexity index is 1960. The molecule has 0 aliphatic rings. The van der Waals surface area contributed by atoms with Gasteiger partial charge in [-0.3, -0.25) is 37.3 Å². The third-order valence-electron chi connectivity index (χ3n) is 19.2. The summed E-state index contributed by atoms with van der Waals surface area (Å²) in [6, 6.07) is 0. The Balaban J connectivity index is 5.15. The SMILES string of the molecule is CCC(C)CCCCCCCCCCCCCCCCCCCCC(=O)O[C@H](COC(=O)CCCCCCCCC(C)C)COP(=O)(O)OC[C@H](O)COP(=O)(O)OC[C@@H](COC(=O)CCCCCCCCCCC(C)C)OC(=O)CCCCCCCCCCCCCCCCCC(C)C. The predicted octanol–water partition coefficient (Wildman–Crippen LogP) is 24.0. The average Bonchev–Trinajstić information content (AvgIpc) is 0.916. The largest absolute Gasteiger partial charge is 0.472 e. The summed E-state index contributed by atoms with van der Waals surface area (Å²) in [5.41, 5.74) is 0. The van der Waals surface area contributed by atoms with Crippen LogP contribution in [0.2, 0.25) is 0 Å². The molecule has 0 heterocycles. The van der Waals surface area contributed by atoms with Gasteiger partial charge in [-0.15, -0.1) is 0 Å². The lowest BCUT2D eigenvalue weighted by atomic mass is 9.99. The lowest BCUT2D eigenvalue weighted by molar-refractivity contribution is -0.161. The molecule has 0 aliphatic carbocycles. The fourth-order valence-electron chi connectivity index (χ4n) is 12.4. The highest BCUT2D eigenvalue weighted by Crippen LogP contribution is 2.45. The quantitative estimate of drug-likeness (QED) is 0.0222. The van der Waals surface area contributed by atoms with Crippen molar-refractivity contribution in [3.05, 3.63) is 0 Å². The summed E-state index contributed by atoms with van der Waals surface area (Å²) in [6.07, 6.45) is 57.2. The minimum Gasteiger partial charge on any atom is -0.462 e. The van der Waals surface area contributed by atoms with Crippen molar-refractivity contribution in [1.29, 1.82) is 0 Å². The van der Waals surface area contributed by atoms with Crippen LogP contribution in [0.4, 0.5) is 0 Å². The van der Waals surface area contributed by atoms with Gasteiger partial charge in [0.2, 0.25) is 0 Å². The van der Waals surface area contributed by atoms with Gasteiger partial charge in [-0.25, -0.2) is 9.13 Å². The van der Waals surface area contributed by atoms with E-state index >= 15 is 0 Å². The maximum Gasteiger partial charge on any atom is 0.472 e. The Morgan fingerprint density at radius 1 is 0.280 bits per heavy atom. The zero-order valence-corrected chi connectivity index (χ0v) is 67.6. The molecular formula is C81H158O17P2. The van der Waals surface area contributed by atoms with Gasteiger partial charge in [-0.2, -0.15) is 0 Å². The van der Waals surface area contributed by atoms with Crippen molar-refractivity contribution >= 4 is 39.5 Å². The highest BCUT2D eigenvalue weighted by molar-refractivity contribution is 7.47. The topological polar surface area (TPSA) is 237 Å². The number of aliphatic hydroxyl groups excluding tert-OH is 1. The first-order chi connectivity index (χ1) is 48.1. The van der Waals surface area contributed by atoms with E-state index in [0.717, 1.165) is 114 Å². The third kappa shape index (κ3) is 73.0. The molecule has 0 aromatic rings. The lowest BCUT2D eigenvalue weighted by Crippen LogP contribution is -2.30. The second-order valence-corrected chi connectivity index (χ2v) is 33.7. The first kappa shape index (κ1) is 98.1. The molecule has 0 aliphatic heterocycles. The number of aliphatic hydroxyl groups is 1. The van der Waals surface area contributed by atoms with Crippen LogP contribution < -0.4 is 0 Å². The number of phosphoric acid groups is 2. The molecule has 17 nitrogen and oxygen atoms in total. The number of carbonyl (C=O) groups is 4. The molecule has 0 fully saturated rings. The molecule has 0 bridgehead atoms. The van der Waals surface area contributed by atoms with Gasteiger partial charge in [0.25, 0.3) is 0 Å². The minimum absolute atomic E-state index is 0.107. The Kier molecular flexibility index (Phi) is 68.7. The van der Waals surface area contributed by atoms with Crippen LogP contribution in [0.15, 0.2) is 0 Å². The van der Waals surface area contributed by atoms with Crippen molar-refractivity contribution in [1.82, 2.24) is 0 Å². The van der Waals surface area contributed by atoms with E-state index in [-0.39, 0.29) is 25.7 Å². The molecule has 6 atom stereocenters. The first-order valence-corrected chi connectivity index (χ1v) is 44.7. The number of carbonyl (C=O) groups excluding carboxylic acids is 4. The van der Waals surface area contributed by atoms with Gasteiger partial charge < -0.3 is 33.8 Å². The van der Waals surface area contributed by atoms with Crippen LogP contribution in [0.25, 0.3) is 0 Å². The Morgan fingerprint density at radius 2 is 0.480 bits per heavy atom. The summed E-state index contributed by atoms with van der Waals surface area (Å²) in [6.45, 7) is 14.2. The van der Waals surface area contributed by atoms with E-state index < -0.39 is 97.5 Å². The summed E-state index contributed by atoms with van der Waals surface area (Å²) in [5.74, 6) is 0.961. The number of rotatable bonds is 78. The molecule has 0 saturated carbocycles. The monoisotopic (exact) mass is 1470 g/mol. The molecule has 0 saturated heterocycles. The normalized spacial score (nSPS) is 14.3. The van der Waals surface area contributed by atoms with E-state index in [1.54, 1.807) is 0 Å². The third-order valence-corrected chi connectivity index (χ3v) is 21.1. The highest BCUT2D eigenvalue weighted by atomic mass is 31.2. The zero-order valence-electron chi connectivity index (χ0n) is 65.8. The molecule has 3 unspecified atom stereocenters. The van der Waals surface area contributed by atoms with E-state index in [0.29, 0.717) is 31.6 Å². The van der Waals surface area contributed by atoms with Crippen molar-refractivity contribution in [3.8, 4) is 0 Å². The van der Waals surface area contributed by atoms with Crippen LogP contribution in [0.1, 0.15) is 415 Å². The van der Waals surface area contributed by atoms with E-state index in [4.69, 9.17) is 37.0 Å². The molecule has 0 spiro atoms. The van der Waals surface area contributed by atoms with Crippen LogP contribution in [0.3, 0.4) is 0 Å². The summed E-state index contributed by atoms with van der Waals surface area (Å²) in [7, 11) is -9.92. The number of phosphoric ester groups is 2. The molecule has 3 N–H and O–H groups in total. The fourth-order valence-corrected chi connectivity index (χ4v) is 14.0. The second-order valence-electron chi connectivity index (χ2n) is 30.8. The lowest BCUT2D eigenvalue weighted by Gasteiger charge is -2.21. The van der Waals surface area contributed by atoms with Gasteiger partial charge in [0.1, 0.15) is 19.3 Å². The average molecular weight is 1470 g/mol. The van der Waals surface area contributed by atoms with Gasteiger partial charge in [0.15, 0.2) is 12.2 Å². The van der Waals surface area contributed by atoms with E-state index in [1.807, 2.05) is 0 Å². The molecule has 0 rings (SSSR count). The molecule has 100 heavy (non-hydrogen) atoms. The summed E-state index contributed by atoms with van der Waals surface area (Å²) >= 11 is 0. The Hall–Kier alpha value is -1.94. The van der Waals surface area contributed by atoms with Crippen LogP contribution in [0, 0.1) is 23.7 Å². The molecule has 0 aromatic heterocycles. The van der Waals surface area contributed by atoms with Gasteiger partial charge in [0.05, 0.1) is 26.4 Å². The summed E-state index contributed by atoms with van der Waals surface area (Å²) in [5, 5.41) is 10.6. The predicted molar refractivity (Wildman–Crippen MR) is 409 cm³/mol. The summed E-state index contributed by atoms with van der Waals surface area (Å²) in [4.78, 5) is 72.9.